The molecule has 1 amide bonds. The van der Waals surface area contributed by atoms with E-state index in [9.17, 15) is 9.59 Å². The lowest BCUT2D eigenvalue weighted by Crippen LogP contribution is -2.50. The van der Waals surface area contributed by atoms with Crippen molar-refractivity contribution < 1.29 is 23.8 Å². The van der Waals surface area contributed by atoms with Crippen LogP contribution in [0.25, 0.3) is 5.57 Å². The summed E-state index contributed by atoms with van der Waals surface area (Å²) >= 11 is 0. The second-order valence-electron chi connectivity index (χ2n) is 9.85. The van der Waals surface area contributed by atoms with E-state index in [4.69, 9.17) is 14.2 Å². The topological polar surface area (TPSA) is 68.3 Å². The third kappa shape index (κ3) is 6.00. The van der Waals surface area contributed by atoms with Gasteiger partial charge in [0.1, 0.15) is 17.1 Å². The van der Waals surface area contributed by atoms with Crippen LogP contribution in [0.1, 0.15) is 40.2 Å². The zero-order valence-corrected chi connectivity index (χ0v) is 19.5. The molecular weight excluding hydrogens is 396 g/mol. The number of rotatable bonds is 4. The molecule has 0 saturated carbocycles. The SMILES string of the molecule is COc1ccc2c(c1)C(C(=O)N1CCN(CC(=O)OC(C)(C)C)CC1)=CC(C)(C)CO2. The predicted molar refractivity (Wildman–Crippen MR) is 119 cm³/mol. The number of esters is 1. The van der Waals surface area contributed by atoms with Gasteiger partial charge < -0.3 is 19.1 Å². The van der Waals surface area contributed by atoms with E-state index >= 15 is 0 Å². The number of methoxy groups -OCH3 is 1. The number of nitrogens with zero attached hydrogens (tertiary/aromatic N) is 2. The summed E-state index contributed by atoms with van der Waals surface area (Å²) in [4.78, 5) is 29.5. The molecule has 2 aliphatic rings. The average Bonchev–Trinajstić information content (AvgIpc) is 2.82. The van der Waals surface area contributed by atoms with Gasteiger partial charge in [-0.1, -0.05) is 19.9 Å². The number of carbonyl (C=O) groups excluding carboxylic acids is 2. The van der Waals surface area contributed by atoms with Crippen molar-refractivity contribution in [1.29, 1.82) is 0 Å². The lowest BCUT2D eigenvalue weighted by molar-refractivity contribution is -0.156. The van der Waals surface area contributed by atoms with Crippen LogP contribution in [0.4, 0.5) is 0 Å². The summed E-state index contributed by atoms with van der Waals surface area (Å²) in [6.45, 7) is 12.8. The summed E-state index contributed by atoms with van der Waals surface area (Å²) in [6, 6.07) is 5.56. The Morgan fingerprint density at radius 1 is 1.13 bits per heavy atom. The fourth-order valence-corrected chi connectivity index (χ4v) is 3.76. The van der Waals surface area contributed by atoms with Crippen LogP contribution in [0.15, 0.2) is 24.3 Å². The number of hydrogen-bond donors (Lipinski definition) is 0. The maximum atomic E-state index is 13.5. The maximum Gasteiger partial charge on any atom is 0.320 e. The Balaban J connectivity index is 1.73. The molecule has 0 aliphatic carbocycles. The number of ether oxygens (including phenoxy) is 3. The Morgan fingerprint density at radius 3 is 2.42 bits per heavy atom. The standard InChI is InChI=1S/C24H34N2O5/c1-23(2,3)31-21(27)15-25-9-11-26(12-10-25)22(28)19-14-24(4,5)16-30-20-8-7-17(29-6)13-18(19)20/h7-8,13-14H,9-12,15-16H2,1-6H3. The van der Waals surface area contributed by atoms with Gasteiger partial charge in [-0.2, -0.15) is 0 Å². The highest BCUT2D eigenvalue weighted by Crippen LogP contribution is 2.38. The van der Waals surface area contributed by atoms with Crippen molar-refractivity contribution in [1.82, 2.24) is 9.80 Å². The van der Waals surface area contributed by atoms with Gasteiger partial charge in [0, 0.05) is 42.7 Å². The Labute approximate surface area is 184 Å². The minimum atomic E-state index is -0.496. The van der Waals surface area contributed by atoms with Gasteiger partial charge in [-0.25, -0.2) is 0 Å². The van der Waals surface area contributed by atoms with E-state index < -0.39 is 5.60 Å². The lowest BCUT2D eigenvalue weighted by atomic mass is 9.90. The summed E-state index contributed by atoms with van der Waals surface area (Å²) in [5.74, 6) is 1.11. The number of fused-ring (bicyclic) bond motifs is 1. The van der Waals surface area contributed by atoms with Crippen molar-refractivity contribution in [2.24, 2.45) is 5.41 Å². The second kappa shape index (κ2) is 8.91. The molecule has 2 heterocycles. The van der Waals surface area contributed by atoms with Crippen LogP contribution in [0.2, 0.25) is 0 Å². The molecule has 0 spiro atoms. The molecule has 31 heavy (non-hydrogen) atoms. The van der Waals surface area contributed by atoms with Gasteiger partial charge in [0.25, 0.3) is 5.91 Å². The highest BCUT2D eigenvalue weighted by atomic mass is 16.6. The van der Waals surface area contributed by atoms with Crippen LogP contribution in [-0.2, 0) is 14.3 Å². The molecule has 2 aliphatic heterocycles. The molecule has 0 bridgehead atoms. The molecule has 1 aromatic carbocycles. The molecule has 3 rings (SSSR count). The predicted octanol–water partition coefficient (Wildman–Crippen LogP) is 2.98. The third-order valence-electron chi connectivity index (χ3n) is 5.27. The van der Waals surface area contributed by atoms with Gasteiger partial charge >= 0.3 is 5.97 Å². The largest absolute Gasteiger partial charge is 0.497 e. The molecule has 170 valence electrons. The van der Waals surface area contributed by atoms with Crippen LogP contribution in [0.3, 0.4) is 0 Å². The van der Waals surface area contributed by atoms with Crippen LogP contribution in [0, 0.1) is 5.41 Å². The molecule has 7 nitrogen and oxygen atoms in total. The first kappa shape index (κ1) is 23.1. The number of piperazine rings is 1. The molecule has 0 atom stereocenters. The number of hydrogen-bond acceptors (Lipinski definition) is 6. The van der Waals surface area contributed by atoms with Crippen LogP contribution in [-0.4, -0.2) is 73.7 Å². The first-order valence-corrected chi connectivity index (χ1v) is 10.7. The average molecular weight is 431 g/mol. The van der Waals surface area contributed by atoms with Gasteiger partial charge in [-0.05, 0) is 39.0 Å². The number of carbonyl (C=O) groups is 2. The van der Waals surface area contributed by atoms with Crippen molar-refractivity contribution in [3.8, 4) is 11.5 Å². The van der Waals surface area contributed by atoms with Gasteiger partial charge in [-0.3, -0.25) is 14.5 Å². The number of benzene rings is 1. The first-order chi connectivity index (χ1) is 14.5. The second-order valence-corrected chi connectivity index (χ2v) is 9.85. The minimum absolute atomic E-state index is 0.0232. The van der Waals surface area contributed by atoms with Crippen molar-refractivity contribution in [2.75, 3.05) is 46.4 Å². The smallest absolute Gasteiger partial charge is 0.320 e. The fourth-order valence-electron chi connectivity index (χ4n) is 3.76. The van der Waals surface area contributed by atoms with Crippen LogP contribution >= 0.6 is 0 Å². The van der Waals surface area contributed by atoms with E-state index in [0.29, 0.717) is 49.9 Å². The Kier molecular flexibility index (Phi) is 6.65. The van der Waals surface area contributed by atoms with Gasteiger partial charge in [0.2, 0.25) is 0 Å². The molecular formula is C24H34N2O5. The van der Waals surface area contributed by atoms with E-state index in [0.717, 1.165) is 5.56 Å². The van der Waals surface area contributed by atoms with Crippen molar-refractivity contribution in [3.05, 3.63) is 29.8 Å². The third-order valence-corrected chi connectivity index (χ3v) is 5.27. The van der Waals surface area contributed by atoms with E-state index in [1.165, 1.54) is 0 Å². The van der Waals surface area contributed by atoms with Crippen LogP contribution in [0.5, 0.6) is 11.5 Å². The highest BCUT2D eigenvalue weighted by molar-refractivity contribution is 6.20. The zero-order valence-electron chi connectivity index (χ0n) is 19.5. The van der Waals surface area contributed by atoms with Crippen molar-refractivity contribution in [3.63, 3.8) is 0 Å². The van der Waals surface area contributed by atoms with Crippen molar-refractivity contribution >= 4 is 17.4 Å². The van der Waals surface area contributed by atoms with E-state index in [2.05, 4.69) is 13.8 Å². The summed E-state index contributed by atoms with van der Waals surface area (Å²) < 4.78 is 16.8. The fraction of sp³-hybridized carbons (Fsp3) is 0.583. The first-order valence-electron chi connectivity index (χ1n) is 10.7. The molecule has 0 aromatic heterocycles. The Hall–Kier alpha value is -2.54. The van der Waals surface area contributed by atoms with Crippen molar-refractivity contribution in [2.45, 2.75) is 40.2 Å². The van der Waals surface area contributed by atoms with Gasteiger partial charge in [0.15, 0.2) is 0 Å². The molecule has 0 N–H and O–H groups in total. The highest BCUT2D eigenvalue weighted by Gasteiger charge is 2.32. The van der Waals surface area contributed by atoms with Gasteiger partial charge in [0.05, 0.1) is 20.3 Å². The van der Waals surface area contributed by atoms with E-state index in [1.54, 1.807) is 7.11 Å². The molecule has 7 heteroatoms. The van der Waals surface area contributed by atoms with E-state index in [-0.39, 0.29) is 23.8 Å². The monoisotopic (exact) mass is 430 g/mol. The summed E-state index contributed by atoms with van der Waals surface area (Å²) in [6.07, 6.45) is 2.01. The maximum absolute atomic E-state index is 13.5. The molecule has 1 fully saturated rings. The lowest BCUT2D eigenvalue weighted by Gasteiger charge is -2.35. The summed E-state index contributed by atoms with van der Waals surface area (Å²) in [5.41, 5.74) is 0.614. The Bertz CT molecular complexity index is 861. The number of amides is 1. The normalized spacial score (nSPS) is 18.9. The summed E-state index contributed by atoms with van der Waals surface area (Å²) in [5, 5.41) is 0. The Morgan fingerprint density at radius 2 is 1.81 bits per heavy atom. The molecule has 1 saturated heterocycles. The van der Waals surface area contributed by atoms with Gasteiger partial charge in [-0.15, -0.1) is 0 Å². The molecule has 0 radical (unpaired) electrons. The zero-order chi connectivity index (χ0) is 22.8. The quantitative estimate of drug-likeness (QED) is 0.684. The minimum Gasteiger partial charge on any atom is -0.497 e. The van der Waals surface area contributed by atoms with Crippen LogP contribution < -0.4 is 9.47 Å². The van der Waals surface area contributed by atoms with E-state index in [1.807, 2.05) is 54.8 Å². The summed E-state index contributed by atoms with van der Waals surface area (Å²) in [7, 11) is 1.61. The molecule has 1 aromatic rings. The molecule has 0 unspecified atom stereocenters.